The van der Waals surface area contributed by atoms with Crippen molar-refractivity contribution in [3.8, 4) is 0 Å². The van der Waals surface area contributed by atoms with E-state index in [9.17, 15) is 0 Å². The highest BCUT2D eigenvalue weighted by atomic mass is 15.2. The van der Waals surface area contributed by atoms with Crippen molar-refractivity contribution in [2.24, 2.45) is 0 Å². The lowest BCUT2D eigenvalue weighted by Crippen LogP contribution is -2.28. The van der Waals surface area contributed by atoms with Gasteiger partial charge in [0.2, 0.25) is 0 Å². The van der Waals surface area contributed by atoms with Crippen molar-refractivity contribution in [2.75, 3.05) is 6.54 Å². The number of hydrogen-bond acceptors (Lipinski definition) is 1. The third-order valence-corrected chi connectivity index (χ3v) is 2.62. The van der Waals surface area contributed by atoms with Crippen LogP contribution in [-0.2, 0) is 0 Å². The molecule has 0 radical (unpaired) electrons. The van der Waals surface area contributed by atoms with E-state index in [1.54, 1.807) is 0 Å². The summed E-state index contributed by atoms with van der Waals surface area (Å²) in [5.74, 6) is 0. The van der Waals surface area contributed by atoms with Gasteiger partial charge in [-0.3, -0.25) is 4.90 Å². The van der Waals surface area contributed by atoms with Gasteiger partial charge in [0, 0.05) is 12.1 Å². The van der Waals surface area contributed by atoms with Crippen LogP contribution < -0.4 is 0 Å². The predicted octanol–water partition coefficient (Wildman–Crippen LogP) is 1.63. The van der Waals surface area contributed by atoms with Crippen LogP contribution in [0, 0.1) is 0 Å². The zero-order valence-electron chi connectivity index (χ0n) is 6.14. The molecule has 1 nitrogen and oxygen atoms in total. The Morgan fingerprint density at radius 2 is 2.00 bits per heavy atom. The average molecular weight is 125 g/mol. The maximum atomic E-state index is 2.68. The largest absolute Gasteiger partial charge is 0.298 e. The first kappa shape index (κ1) is 5.72. The second kappa shape index (κ2) is 1.98. The van der Waals surface area contributed by atoms with Gasteiger partial charge in [-0.05, 0) is 39.2 Å². The molecule has 2 fully saturated rings. The topological polar surface area (TPSA) is 3.24 Å². The zero-order chi connectivity index (χ0) is 6.27. The molecule has 0 aromatic rings. The van der Waals surface area contributed by atoms with E-state index in [-0.39, 0.29) is 0 Å². The zero-order valence-corrected chi connectivity index (χ0v) is 6.14. The fraction of sp³-hybridized carbons (Fsp3) is 1.00. The smallest absolute Gasteiger partial charge is 0.00992 e. The van der Waals surface area contributed by atoms with Gasteiger partial charge < -0.3 is 0 Å². The van der Waals surface area contributed by atoms with E-state index in [1.807, 2.05) is 0 Å². The molecule has 1 saturated carbocycles. The molecular formula is C8H15N. The lowest BCUT2D eigenvalue weighted by molar-refractivity contribution is 0.258. The Hall–Kier alpha value is -0.0400. The van der Waals surface area contributed by atoms with Gasteiger partial charge in [0.1, 0.15) is 0 Å². The third-order valence-electron chi connectivity index (χ3n) is 2.62. The molecule has 0 aromatic carbocycles. The monoisotopic (exact) mass is 125 g/mol. The van der Waals surface area contributed by atoms with Crippen molar-refractivity contribution in [1.82, 2.24) is 4.90 Å². The maximum absolute atomic E-state index is 2.68. The summed E-state index contributed by atoms with van der Waals surface area (Å²) >= 11 is 0. The highest BCUT2D eigenvalue weighted by Crippen LogP contribution is 2.32. The fourth-order valence-electron chi connectivity index (χ4n) is 1.90. The standard InChI is InChI=1S/C8H15N/c1-7-3-2-6-9(7)8-4-5-8/h7-8H,2-6H2,1H3/t7-/m1/s1. The molecular weight excluding hydrogens is 110 g/mol. The van der Waals surface area contributed by atoms with Crippen molar-refractivity contribution < 1.29 is 0 Å². The predicted molar refractivity (Wildman–Crippen MR) is 38.4 cm³/mol. The van der Waals surface area contributed by atoms with E-state index in [4.69, 9.17) is 0 Å². The molecule has 1 saturated heterocycles. The van der Waals surface area contributed by atoms with E-state index >= 15 is 0 Å². The van der Waals surface area contributed by atoms with E-state index in [1.165, 1.54) is 32.2 Å². The van der Waals surface area contributed by atoms with Crippen LogP contribution in [-0.4, -0.2) is 23.5 Å². The minimum absolute atomic E-state index is 0.900. The summed E-state index contributed by atoms with van der Waals surface area (Å²) in [5.41, 5.74) is 0. The van der Waals surface area contributed by atoms with Crippen LogP contribution in [0.1, 0.15) is 32.6 Å². The summed E-state index contributed by atoms with van der Waals surface area (Å²) in [6.07, 6.45) is 5.84. The second-order valence-corrected chi connectivity index (χ2v) is 3.46. The molecule has 0 amide bonds. The SMILES string of the molecule is C[C@@H]1CCCN1C1CC1. The summed E-state index contributed by atoms with van der Waals surface area (Å²) in [5, 5.41) is 0. The minimum Gasteiger partial charge on any atom is -0.298 e. The molecule has 0 spiro atoms. The van der Waals surface area contributed by atoms with Crippen LogP contribution >= 0.6 is 0 Å². The number of hydrogen-bond donors (Lipinski definition) is 0. The molecule has 2 aliphatic rings. The summed E-state index contributed by atoms with van der Waals surface area (Å²) in [7, 11) is 0. The van der Waals surface area contributed by atoms with Gasteiger partial charge in [-0.15, -0.1) is 0 Å². The molecule has 0 unspecified atom stereocenters. The van der Waals surface area contributed by atoms with E-state index in [0.29, 0.717) is 0 Å². The van der Waals surface area contributed by atoms with Crippen LogP contribution in [0.4, 0.5) is 0 Å². The molecule has 52 valence electrons. The van der Waals surface area contributed by atoms with Crippen LogP contribution in [0.25, 0.3) is 0 Å². The molecule has 1 heterocycles. The van der Waals surface area contributed by atoms with E-state index in [2.05, 4.69) is 11.8 Å². The van der Waals surface area contributed by atoms with Crippen LogP contribution in [0.2, 0.25) is 0 Å². The Morgan fingerprint density at radius 1 is 1.22 bits per heavy atom. The van der Waals surface area contributed by atoms with Gasteiger partial charge in [0.15, 0.2) is 0 Å². The molecule has 0 aromatic heterocycles. The summed E-state index contributed by atoms with van der Waals surface area (Å²) < 4.78 is 0. The molecule has 1 aliphatic heterocycles. The molecule has 1 aliphatic carbocycles. The Bertz CT molecular complexity index is 107. The van der Waals surface area contributed by atoms with Crippen molar-refractivity contribution >= 4 is 0 Å². The number of nitrogens with zero attached hydrogens (tertiary/aromatic N) is 1. The summed E-state index contributed by atoms with van der Waals surface area (Å²) in [6, 6.07) is 1.90. The van der Waals surface area contributed by atoms with Gasteiger partial charge in [0.05, 0.1) is 0 Å². The van der Waals surface area contributed by atoms with Crippen molar-refractivity contribution in [3.05, 3.63) is 0 Å². The van der Waals surface area contributed by atoms with Crippen LogP contribution in [0.15, 0.2) is 0 Å². The van der Waals surface area contributed by atoms with Crippen LogP contribution in [0.5, 0.6) is 0 Å². The van der Waals surface area contributed by atoms with Gasteiger partial charge in [-0.25, -0.2) is 0 Å². The lowest BCUT2D eigenvalue weighted by atomic mass is 10.2. The third kappa shape index (κ3) is 0.983. The molecule has 1 atom stereocenters. The first-order chi connectivity index (χ1) is 4.38. The first-order valence-corrected chi connectivity index (χ1v) is 4.13. The van der Waals surface area contributed by atoms with Crippen molar-refractivity contribution in [3.63, 3.8) is 0 Å². The Balaban J connectivity index is 1.93. The number of rotatable bonds is 1. The van der Waals surface area contributed by atoms with Gasteiger partial charge >= 0.3 is 0 Å². The summed E-state index contributed by atoms with van der Waals surface area (Å²) in [4.78, 5) is 2.68. The Labute approximate surface area is 57.0 Å². The van der Waals surface area contributed by atoms with Crippen LogP contribution in [0.3, 0.4) is 0 Å². The molecule has 1 heteroatoms. The highest BCUT2D eigenvalue weighted by molar-refractivity contribution is 4.90. The Kier molecular flexibility index (Phi) is 1.26. The fourth-order valence-corrected chi connectivity index (χ4v) is 1.90. The molecule has 0 N–H and O–H groups in total. The van der Waals surface area contributed by atoms with Gasteiger partial charge in [-0.1, -0.05) is 0 Å². The number of likely N-dealkylation sites (tertiary alicyclic amines) is 1. The molecule has 2 rings (SSSR count). The lowest BCUT2D eigenvalue weighted by Gasteiger charge is -2.19. The average Bonchev–Trinajstić information content (AvgIpc) is 2.58. The van der Waals surface area contributed by atoms with E-state index < -0.39 is 0 Å². The highest BCUT2D eigenvalue weighted by Gasteiger charge is 2.34. The van der Waals surface area contributed by atoms with Gasteiger partial charge in [-0.2, -0.15) is 0 Å². The molecule has 0 bridgehead atoms. The van der Waals surface area contributed by atoms with Gasteiger partial charge in [0.25, 0.3) is 0 Å². The normalized spacial score (nSPS) is 37.7. The second-order valence-electron chi connectivity index (χ2n) is 3.46. The Morgan fingerprint density at radius 3 is 2.44 bits per heavy atom. The van der Waals surface area contributed by atoms with E-state index in [0.717, 1.165) is 12.1 Å². The molecule has 9 heavy (non-hydrogen) atoms. The summed E-state index contributed by atoms with van der Waals surface area (Å²) in [6.45, 7) is 3.75. The first-order valence-electron chi connectivity index (χ1n) is 4.13. The quantitative estimate of drug-likeness (QED) is 0.515. The van der Waals surface area contributed by atoms with Crippen molar-refractivity contribution in [2.45, 2.75) is 44.7 Å². The minimum atomic E-state index is 0.900. The van der Waals surface area contributed by atoms with Crippen molar-refractivity contribution in [1.29, 1.82) is 0 Å². The maximum Gasteiger partial charge on any atom is 0.00992 e.